The summed E-state index contributed by atoms with van der Waals surface area (Å²) in [6.07, 6.45) is 4.62. The van der Waals surface area contributed by atoms with E-state index in [1.807, 2.05) is 42.5 Å². The molecule has 0 heterocycles. The van der Waals surface area contributed by atoms with Gasteiger partial charge in [0.05, 0.1) is 0 Å². The number of hydrogen-bond donors (Lipinski definition) is 0. The van der Waals surface area contributed by atoms with Gasteiger partial charge in [-0.25, -0.2) is 0 Å². The molecule has 0 aliphatic heterocycles. The van der Waals surface area contributed by atoms with Crippen molar-refractivity contribution in [2.75, 3.05) is 0 Å². The Morgan fingerprint density at radius 1 is 0.625 bits per heavy atom. The van der Waals surface area contributed by atoms with Crippen molar-refractivity contribution in [2.24, 2.45) is 0 Å². The number of thioether (sulfide) groups is 2. The molecule has 4 rings (SSSR count). The molecule has 2 atom stereocenters. The van der Waals surface area contributed by atoms with Gasteiger partial charge < -0.3 is 35.0 Å². The van der Waals surface area contributed by atoms with Gasteiger partial charge in [0.1, 0.15) is 0 Å². The quantitative estimate of drug-likeness (QED) is 0.438. The van der Waals surface area contributed by atoms with Crippen LogP contribution in [-0.2, 0) is 21.7 Å². The normalized spacial score (nSPS) is 16.8. The van der Waals surface area contributed by atoms with Crippen molar-refractivity contribution < 1.29 is 56.7 Å². The molecule has 0 aromatic heterocycles. The molecule has 3 aromatic rings. The Morgan fingerprint density at radius 3 is 1.34 bits per heavy atom. The fraction of sp³-hybridized carbons (Fsp3) is 0.280. The van der Waals surface area contributed by atoms with Gasteiger partial charge in [-0.05, 0) is 41.7 Å². The maximum Gasteiger partial charge on any atom is 4.00 e. The zero-order valence-corrected chi connectivity index (χ0v) is 22.6. The second kappa shape index (κ2) is 16.8. The van der Waals surface area contributed by atoms with E-state index in [-0.39, 0.29) is 58.0 Å². The van der Waals surface area contributed by atoms with Crippen molar-refractivity contribution in [1.29, 1.82) is 0 Å². The predicted octanol–water partition coefficient (Wildman–Crippen LogP) is 0.0299. The van der Waals surface area contributed by atoms with Crippen LogP contribution in [0.4, 0.5) is 0 Å². The summed E-state index contributed by atoms with van der Waals surface area (Å²) in [7, 11) is 0. The molecule has 0 N–H and O–H groups in total. The van der Waals surface area contributed by atoms with Gasteiger partial charge in [0, 0.05) is 10.5 Å². The first-order valence-corrected chi connectivity index (χ1v) is 11.8. The number of aryl methyl sites for hydroxylation is 1. The minimum atomic E-state index is 0. The van der Waals surface area contributed by atoms with Crippen LogP contribution in [0.3, 0.4) is 0 Å². The maximum atomic E-state index is 11.9. The molecule has 0 saturated heterocycles. The molecule has 0 bridgehead atoms. The minimum Gasteiger partial charge on any atom is -1.00 e. The summed E-state index contributed by atoms with van der Waals surface area (Å²) in [4.78, 5) is 1.66. The van der Waals surface area contributed by atoms with Crippen molar-refractivity contribution >= 4 is 23.5 Å². The van der Waals surface area contributed by atoms with Crippen LogP contribution in [0.1, 0.15) is 31.2 Å². The molecule has 2 nitrogen and oxygen atoms in total. The summed E-state index contributed by atoms with van der Waals surface area (Å²) in [6.45, 7) is 2.08. The molecule has 3 aromatic carbocycles. The second-order valence-corrected chi connectivity index (χ2v) is 9.71. The molecule has 1 aliphatic carbocycles. The largest absolute Gasteiger partial charge is 4.00 e. The number of hydrogen-bond acceptors (Lipinski definition) is 4. The Morgan fingerprint density at radius 2 is 1.00 bits per heavy atom. The molecular formula is C25H26Cl2O2S2Ti. The third kappa shape index (κ3) is 10.0. The van der Waals surface area contributed by atoms with Crippen molar-refractivity contribution in [3.63, 3.8) is 0 Å². The summed E-state index contributed by atoms with van der Waals surface area (Å²) in [5.74, 6) is 0.206. The first-order chi connectivity index (χ1) is 14.1. The zero-order chi connectivity index (χ0) is 20.5. The fourth-order valence-electron chi connectivity index (χ4n) is 3.29. The van der Waals surface area contributed by atoms with E-state index >= 15 is 0 Å². The molecule has 168 valence electrons. The number of para-hydroxylation sites is 2. The Hall–Kier alpha value is -0.746. The first-order valence-electron chi connectivity index (χ1n) is 10.0. The van der Waals surface area contributed by atoms with Crippen LogP contribution in [-0.4, -0.2) is 10.5 Å². The SMILES string of the molecule is Cc1ccccc1.[Cl-].[Cl-].[O-]c1ccccc1S[C@@H]1CCCC[C@H]1Sc1ccccc1[O-].[Ti+4]. The van der Waals surface area contributed by atoms with E-state index in [0.717, 1.165) is 22.6 Å². The first kappa shape index (κ1) is 31.3. The number of benzene rings is 3. The molecule has 0 radical (unpaired) electrons. The van der Waals surface area contributed by atoms with E-state index in [9.17, 15) is 10.2 Å². The molecule has 32 heavy (non-hydrogen) atoms. The topological polar surface area (TPSA) is 46.1 Å². The Bertz CT molecular complexity index is 844. The van der Waals surface area contributed by atoms with Crippen LogP contribution in [0.25, 0.3) is 0 Å². The van der Waals surface area contributed by atoms with Crippen LogP contribution >= 0.6 is 23.5 Å². The Kier molecular flexibility index (Phi) is 16.4. The van der Waals surface area contributed by atoms with Crippen molar-refractivity contribution in [2.45, 2.75) is 52.9 Å². The molecule has 7 heteroatoms. The smallest absolute Gasteiger partial charge is 1.00 e. The number of rotatable bonds is 4. The summed E-state index contributed by atoms with van der Waals surface area (Å²) in [5.41, 5.74) is 1.32. The molecule has 0 amide bonds. The van der Waals surface area contributed by atoms with Gasteiger partial charge >= 0.3 is 21.7 Å². The summed E-state index contributed by atoms with van der Waals surface area (Å²) in [6, 6.07) is 24.7. The van der Waals surface area contributed by atoms with Crippen molar-refractivity contribution in [3.05, 3.63) is 84.4 Å². The summed E-state index contributed by atoms with van der Waals surface area (Å²) >= 11 is 3.38. The second-order valence-electron chi connectivity index (χ2n) is 7.15. The van der Waals surface area contributed by atoms with E-state index in [4.69, 9.17) is 0 Å². The van der Waals surface area contributed by atoms with E-state index in [0.29, 0.717) is 10.5 Å². The Balaban J connectivity index is 0.000000831. The van der Waals surface area contributed by atoms with Gasteiger partial charge in [-0.3, -0.25) is 0 Å². The van der Waals surface area contributed by atoms with E-state index in [1.54, 1.807) is 47.8 Å². The van der Waals surface area contributed by atoms with Crippen LogP contribution in [0.2, 0.25) is 0 Å². The zero-order valence-electron chi connectivity index (χ0n) is 17.9. The molecule has 1 aliphatic rings. The maximum absolute atomic E-state index is 11.9. The van der Waals surface area contributed by atoms with Crippen molar-refractivity contribution in [3.8, 4) is 11.5 Å². The van der Waals surface area contributed by atoms with Crippen LogP contribution in [0.5, 0.6) is 11.5 Å². The van der Waals surface area contributed by atoms with Gasteiger partial charge in [0.25, 0.3) is 0 Å². The third-order valence-corrected chi connectivity index (χ3v) is 7.93. The van der Waals surface area contributed by atoms with E-state index in [1.165, 1.54) is 18.4 Å². The molecular weight excluding hydrogens is 515 g/mol. The average molecular weight is 541 g/mol. The third-order valence-electron chi connectivity index (χ3n) is 4.84. The minimum absolute atomic E-state index is 0. The molecule has 0 spiro atoms. The van der Waals surface area contributed by atoms with Crippen LogP contribution < -0.4 is 35.0 Å². The van der Waals surface area contributed by atoms with Gasteiger partial charge in [0.15, 0.2) is 0 Å². The van der Waals surface area contributed by atoms with Gasteiger partial charge in [0.2, 0.25) is 0 Å². The molecule has 1 fully saturated rings. The standard InChI is InChI=1S/C18H20O2S2.C7H8.2ClH.Ti/c19-13-7-1-3-9-15(13)21-17-11-5-6-12-18(17)22-16-10-4-2-8-14(16)20;1-7-5-3-2-4-6-7;;;/h1-4,7-10,17-20H,5-6,11-12H2;2-6H,1H3;2*1H;/q;;;;+4/p-4/t17-,18-;;;;/m1..../s1. The van der Waals surface area contributed by atoms with E-state index in [2.05, 4.69) is 19.1 Å². The summed E-state index contributed by atoms with van der Waals surface area (Å²) < 4.78 is 0. The number of halogens is 2. The fourth-order valence-corrected chi connectivity index (χ4v) is 6.10. The average Bonchev–Trinajstić information content (AvgIpc) is 2.74. The monoisotopic (exact) mass is 540 g/mol. The predicted molar refractivity (Wildman–Crippen MR) is 121 cm³/mol. The van der Waals surface area contributed by atoms with Gasteiger partial charge in [-0.2, -0.15) is 0 Å². The van der Waals surface area contributed by atoms with Gasteiger partial charge in [-0.1, -0.05) is 96.6 Å². The molecule has 0 unspecified atom stereocenters. The van der Waals surface area contributed by atoms with Crippen LogP contribution in [0, 0.1) is 6.92 Å². The van der Waals surface area contributed by atoms with E-state index < -0.39 is 0 Å². The molecule has 1 saturated carbocycles. The van der Waals surface area contributed by atoms with Crippen LogP contribution in [0.15, 0.2) is 88.7 Å². The summed E-state index contributed by atoms with van der Waals surface area (Å²) in [5, 5.41) is 24.7. The Labute approximate surface area is 227 Å². The van der Waals surface area contributed by atoms with Gasteiger partial charge in [-0.15, -0.1) is 23.5 Å². The van der Waals surface area contributed by atoms with Crippen molar-refractivity contribution in [1.82, 2.24) is 0 Å².